The standard InChI is InChI=1S/C17H16ClN3O/c1-22-17-8-3-2-7-15(17)16-10-13(11-19)20-21(16)14-6-4-5-12(18)9-14/h2-10H,11,19H2,1H3. The van der Waals surface area contributed by atoms with Gasteiger partial charge in [-0.15, -0.1) is 0 Å². The van der Waals surface area contributed by atoms with Gasteiger partial charge in [0.05, 0.1) is 24.2 Å². The van der Waals surface area contributed by atoms with Gasteiger partial charge in [-0.1, -0.05) is 29.8 Å². The second kappa shape index (κ2) is 6.22. The van der Waals surface area contributed by atoms with Gasteiger partial charge in [-0.3, -0.25) is 0 Å². The Kier molecular flexibility index (Phi) is 4.13. The van der Waals surface area contributed by atoms with Gasteiger partial charge < -0.3 is 10.5 Å². The number of aromatic nitrogens is 2. The molecule has 3 aromatic rings. The molecule has 0 aliphatic rings. The quantitative estimate of drug-likeness (QED) is 0.799. The van der Waals surface area contributed by atoms with Crippen molar-refractivity contribution < 1.29 is 4.74 Å². The third-order valence-electron chi connectivity index (χ3n) is 3.40. The Morgan fingerprint density at radius 2 is 1.95 bits per heavy atom. The number of ether oxygens (including phenoxy) is 1. The summed E-state index contributed by atoms with van der Waals surface area (Å²) in [6, 6.07) is 17.4. The molecule has 0 atom stereocenters. The Morgan fingerprint density at radius 3 is 2.68 bits per heavy atom. The predicted octanol–water partition coefficient (Wildman–Crippen LogP) is 3.66. The van der Waals surface area contributed by atoms with Crippen molar-refractivity contribution in [2.24, 2.45) is 5.73 Å². The molecule has 0 amide bonds. The molecule has 0 unspecified atom stereocenters. The topological polar surface area (TPSA) is 53.1 Å². The minimum absolute atomic E-state index is 0.371. The Labute approximate surface area is 134 Å². The highest BCUT2D eigenvalue weighted by Crippen LogP contribution is 2.32. The summed E-state index contributed by atoms with van der Waals surface area (Å²) in [5.74, 6) is 0.786. The molecule has 0 aliphatic heterocycles. The minimum Gasteiger partial charge on any atom is -0.496 e. The van der Waals surface area contributed by atoms with Crippen LogP contribution in [-0.4, -0.2) is 16.9 Å². The van der Waals surface area contributed by atoms with Crippen LogP contribution in [0.25, 0.3) is 16.9 Å². The number of halogens is 1. The highest BCUT2D eigenvalue weighted by molar-refractivity contribution is 6.30. The van der Waals surface area contributed by atoms with E-state index in [9.17, 15) is 0 Å². The maximum atomic E-state index is 6.10. The van der Waals surface area contributed by atoms with Crippen LogP contribution in [0.5, 0.6) is 5.75 Å². The smallest absolute Gasteiger partial charge is 0.128 e. The van der Waals surface area contributed by atoms with E-state index < -0.39 is 0 Å². The van der Waals surface area contributed by atoms with Crippen LogP contribution in [0.4, 0.5) is 0 Å². The zero-order valence-corrected chi connectivity index (χ0v) is 12.9. The summed E-state index contributed by atoms with van der Waals surface area (Å²) in [5, 5.41) is 5.23. The van der Waals surface area contributed by atoms with Gasteiger partial charge in [0.25, 0.3) is 0 Å². The van der Waals surface area contributed by atoms with E-state index in [0.29, 0.717) is 11.6 Å². The first-order valence-corrected chi connectivity index (χ1v) is 7.29. The van der Waals surface area contributed by atoms with E-state index in [1.807, 2.05) is 59.3 Å². The van der Waals surface area contributed by atoms with Crippen molar-refractivity contribution in [3.8, 4) is 22.7 Å². The monoisotopic (exact) mass is 313 g/mol. The van der Waals surface area contributed by atoms with Gasteiger partial charge in [0.15, 0.2) is 0 Å². The molecule has 2 aromatic carbocycles. The number of para-hydroxylation sites is 1. The van der Waals surface area contributed by atoms with Crippen LogP contribution in [0.15, 0.2) is 54.6 Å². The van der Waals surface area contributed by atoms with E-state index in [2.05, 4.69) is 5.10 Å². The summed E-state index contributed by atoms with van der Waals surface area (Å²) in [5.41, 5.74) is 9.32. The van der Waals surface area contributed by atoms with Gasteiger partial charge in [-0.2, -0.15) is 5.10 Å². The Balaban J connectivity index is 2.21. The van der Waals surface area contributed by atoms with E-state index >= 15 is 0 Å². The Hall–Kier alpha value is -2.30. The van der Waals surface area contributed by atoms with Crippen molar-refractivity contribution in [3.05, 3.63) is 65.3 Å². The lowest BCUT2D eigenvalue weighted by Gasteiger charge is -2.11. The molecule has 0 saturated heterocycles. The SMILES string of the molecule is COc1ccccc1-c1cc(CN)nn1-c1cccc(Cl)c1. The highest BCUT2D eigenvalue weighted by atomic mass is 35.5. The fraction of sp³-hybridized carbons (Fsp3) is 0.118. The van der Waals surface area contributed by atoms with Crippen LogP contribution >= 0.6 is 11.6 Å². The number of methoxy groups -OCH3 is 1. The van der Waals surface area contributed by atoms with E-state index in [1.54, 1.807) is 7.11 Å². The minimum atomic E-state index is 0.371. The van der Waals surface area contributed by atoms with Crippen molar-refractivity contribution in [1.29, 1.82) is 0 Å². The lowest BCUT2D eigenvalue weighted by atomic mass is 10.1. The Morgan fingerprint density at radius 1 is 1.14 bits per heavy atom. The van der Waals surface area contributed by atoms with Gasteiger partial charge in [0.2, 0.25) is 0 Å². The average Bonchev–Trinajstić information content (AvgIpc) is 2.99. The summed E-state index contributed by atoms with van der Waals surface area (Å²) in [4.78, 5) is 0. The molecule has 0 radical (unpaired) electrons. The molecule has 4 nitrogen and oxygen atoms in total. The predicted molar refractivity (Wildman–Crippen MR) is 88.5 cm³/mol. The normalized spacial score (nSPS) is 10.7. The maximum Gasteiger partial charge on any atom is 0.128 e. The molecule has 112 valence electrons. The van der Waals surface area contributed by atoms with Crippen LogP contribution < -0.4 is 10.5 Å². The van der Waals surface area contributed by atoms with Crippen molar-refractivity contribution >= 4 is 11.6 Å². The summed E-state index contributed by atoms with van der Waals surface area (Å²) in [6.07, 6.45) is 0. The highest BCUT2D eigenvalue weighted by Gasteiger charge is 2.14. The van der Waals surface area contributed by atoms with Crippen molar-refractivity contribution in [1.82, 2.24) is 9.78 Å². The second-order valence-corrected chi connectivity index (χ2v) is 5.25. The summed E-state index contributed by atoms with van der Waals surface area (Å²) < 4.78 is 7.30. The summed E-state index contributed by atoms with van der Waals surface area (Å²) >= 11 is 6.10. The maximum absolute atomic E-state index is 6.10. The molecular weight excluding hydrogens is 298 g/mol. The van der Waals surface area contributed by atoms with E-state index in [0.717, 1.165) is 28.4 Å². The number of hydrogen-bond acceptors (Lipinski definition) is 3. The van der Waals surface area contributed by atoms with Crippen LogP contribution in [0.2, 0.25) is 5.02 Å². The summed E-state index contributed by atoms with van der Waals surface area (Å²) in [7, 11) is 1.66. The van der Waals surface area contributed by atoms with Gasteiger partial charge >= 0.3 is 0 Å². The molecule has 1 aromatic heterocycles. The van der Waals surface area contributed by atoms with E-state index in [-0.39, 0.29) is 0 Å². The van der Waals surface area contributed by atoms with Gasteiger partial charge in [-0.25, -0.2) is 4.68 Å². The van der Waals surface area contributed by atoms with E-state index in [1.165, 1.54) is 0 Å². The van der Waals surface area contributed by atoms with Crippen LogP contribution in [0.1, 0.15) is 5.69 Å². The molecule has 3 rings (SSSR count). The molecule has 0 aliphatic carbocycles. The fourth-order valence-corrected chi connectivity index (χ4v) is 2.57. The number of hydrogen-bond donors (Lipinski definition) is 1. The summed E-state index contributed by atoms with van der Waals surface area (Å²) in [6.45, 7) is 0.371. The number of benzene rings is 2. The number of nitrogens with zero attached hydrogens (tertiary/aromatic N) is 2. The molecule has 22 heavy (non-hydrogen) atoms. The van der Waals surface area contributed by atoms with Gasteiger partial charge in [0, 0.05) is 17.1 Å². The molecular formula is C17H16ClN3O. The third-order valence-corrected chi connectivity index (χ3v) is 3.64. The number of nitrogens with two attached hydrogens (primary N) is 1. The zero-order chi connectivity index (χ0) is 15.5. The van der Waals surface area contributed by atoms with E-state index in [4.69, 9.17) is 22.1 Å². The fourth-order valence-electron chi connectivity index (χ4n) is 2.38. The lowest BCUT2D eigenvalue weighted by Crippen LogP contribution is -2.02. The van der Waals surface area contributed by atoms with Crippen LogP contribution in [0.3, 0.4) is 0 Å². The zero-order valence-electron chi connectivity index (χ0n) is 12.2. The largest absolute Gasteiger partial charge is 0.496 e. The van der Waals surface area contributed by atoms with Crippen molar-refractivity contribution in [2.45, 2.75) is 6.54 Å². The first-order valence-electron chi connectivity index (χ1n) is 6.91. The molecule has 0 fully saturated rings. The molecule has 0 spiro atoms. The van der Waals surface area contributed by atoms with Crippen LogP contribution in [-0.2, 0) is 6.54 Å². The first kappa shape index (κ1) is 14.6. The van der Waals surface area contributed by atoms with Crippen LogP contribution in [0, 0.1) is 0 Å². The lowest BCUT2D eigenvalue weighted by molar-refractivity contribution is 0.416. The average molecular weight is 314 g/mol. The molecule has 5 heteroatoms. The number of rotatable bonds is 4. The molecule has 2 N–H and O–H groups in total. The van der Waals surface area contributed by atoms with Gasteiger partial charge in [0.1, 0.15) is 5.75 Å². The first-order chi connectivity index (χ1) is 10.7. The molecule has 1 heterocycles. The third kappa shape index (κ3) is 2.71. The van der Waals surface area contributed by atoms with Gasteiger partial charge in [-0.05, 0) is 36.4 Å². The van der Waals surface area contributed by atoms with Crippen molar-refractivity contribution in [3.63, 3.8) is 0 Å². The second-order valence-electron chi connectivity index (χ2n) is 4.82. The Bertz CT molecular complexity index is 798. The molecule has 0 bridgehead atoms. The van der Waals surface area contributed by atoms with Crippen molar-refractivity contribution in [2.75, 3.05) is 7.11 Å². The molecule has 0 saturated carbocycles.